The molecular formula is C20H21N. The van der Waals surface area contributed by atoms with Crippen molar-refractivity contribution in [3.05, 3.63) is 72.9 Å². The summed E-state index contributed by atoms with van der Waals surface area (Å²) in [7, 11) is 0. The Morgan fingerprint density at radius 1 is 0.762 bits per heavy atom. The van der Waals surface area contributed by atoms with Crippen molar-refractivity contribution in [2.24, 2.45) is 0 Å². The Balaban J connectivity index is 2.11. The Morgan fingerprint density at radius 2 is 1.38 bits per heavy atom. The van der Waals surface area contributed by atoms with Crippen molar-refractivity contribution in [1.29, 1.82) is 0 Å². The van der Waals surface area contributed by atoms with Crippen molar-refractivity contribution >= 4 is 0 Å². The summed E-state index contributed by atoms with van der Waals surface area (Å²) in [4.78, 5) is 0. The Morgan fingerprint density at radius 3 is 2.00 bits per heavy atom. The number of aryl methyl sites for hydroxylation is 1. The predicted octanol–water partition coefficient (Wildman–Crippen LogP) is 5.62. The first-order valence-electron chi connectivity index (χ1n) is 7.70. The van der Waals surface area contributed by atoms with E-state index in [1.165, 1.54) is 35.2 Å². The summed E-state index contributed by atoms with van der Waals surface area (Å²) >= 11 is 0. The molecule has 0 spiro atoms. The maximum absolute atomic E-state index is 2.39. The average Bonchev–Trinajstić information content (AvgIpc) is 2.98. The topological polar surface area (TPSA) is 4.93 Å². The van der Waals surface area contributed by atoms with Gasteiger partial charge in [-0.05, 0) is 23.6 Å². The summed E-state index contributed by atoms with van der Waals surface area (Å²) in [6, 6.07) is 23.6. The summed E-state index contributed by atoms with van der Waals surface area (Å²) in [5.74, 6) is 0. The van der Waals surface area contributed by atoms with Crippen molar-refractivity contribution < 1.29 is 0 Å². The standard InChI is InChI=1S/C20H21N/c1-2-3-15-21-16-14-19(17-10-6-4-7-11-17)20(21)18-12-8-5-9-13-18/h4-14,16H,2-3,15H2,1H3. The third kappa shape index (κ3) is 2.92. The summed E-state index contributed by atoms with van der Waals surface area (Å²) in [5.41, 5.74) is 5.22. The number of aromatic nitrogens is 1. The zero-order valence-corrected chi connectivity index (χ0v) is 12.5. The molecule has 0 aliphatic rings. The molecule has 0 fully saturated rings. The fraction of sp³-hybridized carbons (Fsp3) is 0.200. The fourth-order valence-corrected chi connectivity index (χ4v) is 2.76. The summed E-state index contributed by atoms with van der Waals surface area (Å²) in [6.45, 7) is 3.32. The van der Waals surface area contributed by atoms with Gasteiger partial charge in [-0.2, -0.15) is 0 Å². The molecule has 0 radical (unpaired) electrons. The van der Waals surface area contributed by atoms with Crippen LogP contribution in [-0.2, 0) is 6.54 Å². The van der Waals surface area contributed by atoms with Gasteiger partial charge in [-0.1, -0.05) is 74.0 Å². The largest absolute Gasteiger partial charge is 0.347 e. The maximum Gasteiger partial charge on any atom is 0.0559 e. The second-order valence-electron chi connectivity index (χ2n) is 5.36. The molecule has 3 rings (SSSR count). The van der Waals surface area contributed by atoms with Gasteiger partial charge in [0.2, 0.25) is 0 Å². The van der Waals surface area contributed by atoms with Gasteiger partial charge in [0.05, 0.1) is 5.69 Å². The molecule has 0 atom stereocenters. The van der Waals surface area contributed by atoms with E-state index in [2.05, 4.69) is 84.4 Å². The second-order valence-corrected chi connectivity index (χ2v) is 5.36. The van der Waals surface area contributed by atoms with E-state index in [0.717, 1.165) is 6.54 Å². The quantitative estimate of drug-likeness (QED) is 0.569. The lowest BCUT2D eigenvalue weighted by molar-refractivity contribution is 0.640. The summed E-state index contributed by atoms with van der Waals surface area (Å²) < 4.78 is 2.39. The minimum absolute atomic E-state index is 1.08. The molecule has 1 aromatic heterocycles. The van der Waals surface area contributed by atoms with Gasteiger partial charge in [-0.3, -0.25) is 0 Å². The molecular weight excluding hydrogens is 254 g/mol. The lowest BCUT2D eigenvalue weighted by atomic mass is 10.0. The van der Waals surface area contributed by atoms with Crippen molar-refractivity contribution in [3.63, 3.8) is 0 Å². The highest BCUT2D eigenvalue weighted by atomic mass is 15.0. The molecule has 0 amide bonds. The number of hydrogen-bond donors (Lipinski definition) is 0. The van der Waals surface area contributed by atoms with Crippen molar-refractivity contribution in [2.75, 3.05) is 0 Å². The van der Waals surface area contributed by atoms with E-state index in [9.17, 15) is 0 Å². The molecule has 21 heavy (non-hydrogen) atoms. The van der Waals surface area contributed by atoms with Crippen LogP contribution in [0.3, 0.4) is 0 Å². The van der Waals surface area contributed by atoms with Crippen LogP contribution in [0.15, 0.2) is 72.9 Å². The number of unbranched alkanes of at least 4 members (excludes halogenated alkanes) is 1. The van der Waals surface area contributed by atoms with Crippen LogP contribution in [0, 0.1) is 0 Å². The van der Waals surface area contributed by atoms with Crippen LogP contribution < -0.4 is 0 Å². The number of hydrogen-bond acceptors (Lipinski definition) is 0. The van der Waals surface area contributed by atoms with E-state index in [1.54, 1.807) is 0 Å². The van der Waals surface area contributed by atoms with Gasteiger partial charge < -0.3 is 4.57 Å². The summed E-state index contributed by atoms with van der Waals surface area (Å²) in [5, 5.41) is 0. The van der Waals surface area contributed by atoms with Crippen molar-refractivity contribution in [3.8, 4) is 22.4 Å². The van der Waals surface area contributed by atoms with Gasteiger partial charge in [-0.15, -0.1) is 0 Å². The average molecular weight is 275 g/mol. The predicted molar refractivity (Wildman–Crippen MR) is 90.2 cm³/mol. The zero-order valence-electron chi connectivity index (χ0n) is 12.5. The first-order valence-corrected chi connectivity index (χ1v) is 7.70. The Labute approximate surface area is 126 Å². The molecule has 1 nitrogen and oxygen atoms in total. The third-order valence-corrected chi connectivity index (χ3v) is 3.85. The van der Waals surface area contributed by atoms with Gasteiger partial charge in [0.15, 0.2) is 0 Å². The molecule has 106 valence electrons. The van der Waals surface area contributed by atoms with Crippen LogP contribution in [0.1, 0.15) is 19.8 Å². The van der Waals surface area contributed by atoms with E-state index in [1.807, 2.05) is 0 Å². The Bertz CT molecular complexity index is 680. The lowest BCUT2D eigenvalue weighted by Gasteiger charge is -2.12. The van der Waals surface area contributed by atoms with Crippen molar-refractivity contribution in [2.45, 2.75) is 26.3 Å². The lowest BCUT2D eigenvalue weighted by Crippen LogP contribution is -1.99. The van der Waals surface area contributed by atoms with E-state index < -0.39 is 0 Å². The molecule has 1 heteroatoms. The Kier molecular flexibility index (Phi) is 4.20. The molecule has 0 unspecified atom stereocenters. The molecule has 1 heterocycles. The highest BCUT2D eigenvalue weighted by Gasteiger charge is 2.12. The van der Waals surface area contributed by atoms with E-state index >= 15 is 0 Å². The highest BCUT2D eigenvalue weighted by Crippen LogP contribution is 2.33. The van der Waals surface area contributed by atoms with E-state index in [4.69, 9.17) is 0 Å². The van der Waals surface area contributed by atoms with Crippen LogP contribution in [0.4, 0.5) is 0 Å². The third-order valence-electron chi connectivity index (χ3n) is 3.85. The molecule has 0 saturated carbocycles. The van der Waals surface area contributed by atoms with Gasteiger partial charge in [0, 0.05) is 18.3 Å². The number of nitrogens with zero attached hydrogens (tertiary/aromatic N) is 1. The second kappa shape index (κ2) is 6.45. The molecule has 0 saturated heterocycles. The van der Waals surface area contributed by atoms with E-state index in [-0.39, 0.29) is 0 Å². The highest BCUT2D eigenvalue weighted by molar-refractivity contribution is 5.81. The van der Waals surface area contributed by atoms with Crippen LogP contribution >= 0.6 is 0 Å². The van der Waals surface area contributed by atoms with Crippen LogP contribution in [0.2, 0.25) is 0 Å². The van der Waals surface area contributed by atoms with Crippen LogP contribution in [0.5, 0.6) is 0 Å². The smallest absolute Gasteiger partial charge is 0.0559 e. The first kappa shape index (κ1) is 13.7. The summed E-state index contributed by atoms with van der Waals surface area (Å²) in [6.07, 6.45) is 4.65. The van der Waals surface area contributed by atoms with Gasteiger partial charge >= 0.3 is 0 Å². The minimum Gasteiger partial charge on any atom is -0.347 e. The Hall–Kier alpha value is -2.28. The number of benzene rings is 2. The zero-order chi connectivity index (χ0) is 14.5. The van der Waals surface area contributed by atoms with Crippen LogP contribution in [-0.4, -0.2) is 4.57 Å². The first-order chi connectivity index (χ1) is 10.4. The maximum atomic E-state index is 2.39. The molecule has 0 aliphatic heterocycles. The SMILES string of the molecule is CCCCn1ccc(-c2ccccc2)c1-c1ccccc1. The molecule has 3 aromatic rings. The molecule has 2 aromatic carbocycles. The minimum atomic E-state index is 1.08. The molecule has 0 N–H and O–H groups in total. The molecule has 0 aliphatic carbocycles. The molecule has 0 bridgehead atoms. The number of rotatable bonds is 5. The van der Waals surface area contributed by atoms with E-state index in [0.29, 0.717) is 0 Å². The van der Waals surface area contributed by atoms with Crippen molar-refractivity contribution in [1.82, 2.24) is 4.57 Å². The van der Waals surface area contributed by atoms with Gasteiger partial charge in [0.25, 0.3) is 0 Å². The monoisotopic (exact) mass is 275 g/mol. The van der Waals surface area contributed by atoms with Gasteiger partial charge in [-0.25, -0.2) is 0 Å². The van der Waals surface area contributed by atoms with Gasteiger partial charge in [0.1, 0.15) is 0 Å². The fourth-order valence-electron chi connectivity index (χ4n) is 2.76. The van der Waals surface area contributed by atoms with Crippen LogP contribution in [0.25, 0.3) is 22.4 Å². The normalized spacial score (nSPS) is 10.7.